The summed E-state index contributed by atoms with van der Waals surface area (Å²) in [6.45, 7) is 2.34. The Labute approximate surface area is 159 Å². The summed E-state index contributed by atoms with van der Waals surface area (Å²) in [5.41, 5.74) is 0.632. The second kappa shape index (κ2) is 8.21. The van der Waals surface area contributed by atoms with Crippen molar-refractivity contribution >= 4 is 50.5 Å². The standard InChI is InChI=1S/C19H17ClN2O3S/c1-2-25-13-9-7-12(8-10-13)22-16(23)11-21-19(24)18-17(20)14-5-3-4-6-15(14)26-18/h3-10H,2,11H2,1H3,(H,21,24)(H,22,23). The van der Waals surface area contributed by atoms with Crippen LogP contribution in [0, 0.1) is 0 Å². The minimum atomic E-state index is -0.363. The minimum Gasteiger partial charge on any atom is -0.494 e. The number of hydrogen-bond donors (Lipinski definition) is 2. The van der Waals surface area contributed by atoms with Gasteiger partial charge < -0.3 is 15.4 Å². The van der Waals surface area contributed by atoms with E-state index < -0.39 is 0 Å². The van der Waals surface area contributed by atoms with Crippen LogP contribution in [-0.2, 0) is 4.79 Å². The number of ether oxygens (including phenoxy) is 1. The first-order chi connectivity index (χ1) is 12.6. The third kappa shape index (κ3) is 4.15. The third-order valence-corrected chi connectivity index (χ3v) is 5.27. The fourth-order valence-electron chi connectivity index (χ4n) is 2.41. The van der Waals surface area contributed by atoms with Gasteiger partial charge in [-0.05, 0) is 37.3 Å². The predicted octanol–water partition coefficient (Wildman–Crippen LogP) is 4.32. The molecule has 0 unspecified atom stereocenters. The molecular weight excluding hydrogens is 372 g/mol. The topological polar surface area (TPSA) is 67.4 Å². The smallest absolute Gasteiger partial charge is 0.263 e. The second-order valence-corrected chi connectivity index (χ2v) is 6.86. The number of nitrogens with one attached hydrogen (secondary N) is 2. The van der Waals surface area contributed by atoms with Crippen LogP contribution in [0.4, 0.5) is 5.69 Å². The monoisotopic (exact) mass is 388 g/mol. The first-order valence-corrected chi connectivity index (χ1v) is 9.26. The van der Waals surface area contributed by atoms with Gasteiger partial charge in [0.2, 0.25) is 5.91 Å². The van der Waals surface area contributed by atoms with Crippen molar-refractivity contribution in [3.63, 3.8) is 0 Å². The molecule has 0 bridgehead atoms. The zero-order valence-corrected chi connectivity index (χ0v) is 15.6. The first-order valence-electron chi connectivity index (χ1n) is 8.06. The van der Waals surface area contributed by atoms with Crippen molar-refractivity contribution < 1.29 is 14.3 Å². The van der Waals surface area contributed by atoms with E-state index in [-0.39, 0.29) is 18.4 Å². The van der Waals surface area contributed by atoms with E-state index in [0.717, 1.165) is 15.8 Å². The molecule has 0 atom stereocenters. The Balaban J connectivity index is 1.58. The summed E-state index contributed by atoms with van der Waals surface area (Å²) in [5.74, 6) is 0.0518. The van der Waals surface area contributed by atoms with Crippen molar-refractivity contribution in [1.29, 1.82) is 0 Å². The van der Waals surface area contributed by atoms with E-state index in [4.69, 9.17) is 16.3 Å². The Bertz CT molecular complexity index is 938. The van der Waals surface area contributed by atoms with Crippen molar-refractivity contribution in [2.75, 3.05) is 18.5 Å². The molecule has 0 aliphatic carbocycles. The zero-order chi connectivity index (χ0) is 18.5. The summed E-state index contributed by atoms with van der Waals surface area (Å²) in [4.78, 5) is 24.8. The summed E-state index contributed by atoms with van der Waals surface area (Å²) in [7, 11) is 0. The second-order valence-electron chi connectivity index (χ2n) is 5.43. The molecule has 0 radical (unpaired) electrons. The maximum Gasteiger partial charge on any atom is 0.263 e. The molecular formula is C19H17ClN2O3S. The van der Waals surface area contributed by atoms with Gasteiger partial charge in [0.25, 0.3) is 5.91 Å². The molecule has 1 heterocycles. The van der Waals surface area contributed by atoms with Gasteiger partial charge in [0.05, 0.1) is 18.2 Å². The average molecular weight is 389 g/mol. The Morgan fingerprint density at radius 1 is 1.12 bits per heavy atom. The van der Waals surface area contributed by atoms with Crippen molar-refractivity contribution in [2.45, 2.75) is 6.92 Å². The highest BCUT2D eigenvalue weighted by Gasteiger charge is 2.17. The normalized spacial score (nSPS) is 10.5. The number of rotatable bonds is 6. The van der Waals surface area contributed by atoms with Crippen LogP contribution in [0.1, 0.15) is 16.6 Å². The van der Waals surface area contributed by atoms with Gasteiger partial charge >= 0.3 is 0 Å². The minimum absolute atomic E-state index is 0.142. The van der Waals surface area contributed by atoms with E-state index >= 15 is 0 Å². The summed E-state index contributed by atoms with van der Waals surface area (Å²) < 4.78 is 6.28. The number of hydrogen-bond acceptors (Lipinski definition) is 4. The van der Waals surface area contributed by atoms with E-state index in [1.54, 1.807) is 24.3 Å². The van der Waals surface area contributed by atoms with Crippen molar-refractivity contribution in [2.24, 2.45) is 0 Å². The highest BCUT2D eigenvalue weighted by molar-refractivity contribution is 7.21. The van der Waals surface area contributed by atoms with E-state index in [0.29, 0.717) is 22.2 Å². The highest BCUT2D eigenvalue weighted by Crippen LogP contribution is 2.34. The lowest BCUT2D eigenvalue weighted by Gasteiger charge is -2.08. The molecule has 2 N–H and O–H groups in total. The molecule has 134 valence electrons. The van der Waals surface area contributed by atoms with Crippen LogP contribution in [0.3, 0.4) is 0 Å². The molecule has 0 aliphatic heterocycles. The van der Waals surface area contributed by atoms with Crippen LogP contribution in [-0.4, -0.2) is 25.0 Å². The Kier molecular flexibility index (Phi) is 5.75. The molecule has 0 saturated heterocycles. The fraction of sp³-hybridized carbons (Fsp3) is 0.158. The lowest BCUT2D eigenvalue weighted by atomic mass is 10.2. The first kappa shape index (κ1) is 18.2. The van der Waals surface area contributed by atoms with Crippen molar-refractivity contribution in [3.8, 4) is 5.75 Å². The Morgan fingerprint density at radius 2 is 1.85 bits per heavy atom. The lowest BCUT2D eigenvalue weighted by Crippen LogP contribution is -2.32. The molecule has 7 heteroatoms. The van der Waals surface area contributed by atoms with Gasteiger partial charge in [0, 0.05) is 15.8 Å². The summed E-state index contributed by atoms with van der Waals surface area (Å²) in [5, 5.41) is 6.57. The molecule has 0 fully saturated rings. The van der Waals surface area contributed by atoms with Gasteiger partial charge in [-0.25, -0.2) is 0 Å². The molecule has 1 aromatic heterocycles. The quantitative estimate of drug-likeness (QED) is 0.660. The lowest BCUT2D eigenvalue weighted by molar-refractivity contribution is -0.115. The number of benzene rings is 2. The summed E-state index contributed by atoms with van der Waals surface area (Å²) >= 11 is 7.58. The number of carbonyl (C=O) groups excluding carboxylic acids is 2. The number of fused-ring (bicyclic) bond motifs is 1. The zero-order valence-electron chi connectivity index (χ0n) is 14.0. The van der Waals surface area contributed by atoms with Crippen LogP contribution in [0.5, 0.6) is 5.75 Å². The Morgan fingerprint density at radius 3 is 2.54 bits per heavy atom. The number of halogens is 1. The van der Waals surface area contributed by atoms with Gasteiger partial charge in [-0.3, -0.25) is 9.59 Å². The third-order valence-electron chi connectivity index (χ3n) is 3.60. The highest BCUT2D eigenvalue weighted by atomic mass is 35.5. The molecule has 3 aromatic rings. The van der Waals surface area contributed by atoms with Crippen molar-refractivity contribution in [1.82, 2.24) is 5.32 Å². The average Bonchev–Trinajstić information content (AvgIpc) is 2.99. The van der Waals surface area contributed by atoms with E-state index in [1.165, 1.54) is 11.3 Å². The summed E-state index contributed by atoms with van der Waals surface area (Å²) in [6.07, 6.45) is 0. The number of carbonyl (C=O) groups is 2. The molecule has 2 aromatic carbocycles. The maximum absolute atomic E-state index is 12.3. The molecule has 2 amide bonds. The molecule has 26 heavy (non-hydrogen) atoms. The van der Waals surface area contributed by atoms with Gasteiger partial charge in [-0.1, -0.05) is 29.8 Å². The van der Waals surface area contributed by atoms with Crippen LogP contribution in [0.2, 0.25) is 5.02 Å². The largest absolute Gasteiger partial charge is 0.494 e. The van der Waals surface area contributed by atoms with E-state index in [2.05, 4.69) is 10.6 Å². The van der Waals surface area contributed by atoms with Gasteiger partial charge in [0.15, 0.2) is 0 Å². The van der Waals surface area contributed by atoms with Crippen molar-refractivity contribution in [3.05, 3.63) is 58.4 Å². The van der Waals surface area contributed by atoms with E-state index in [1.807, 2.05) is 31.2 Å². The maximum atomic E-state index is 12.3. The van der Waals surface area contributed by atoms with Crippen LogP contribution >= 0.6 is 22.9 Å². The van der Waals surface area contributed by atoms with Gasteiger partial charge in [-0.2, -0.15) is 0 Å². The predicted molar refractivity (Wildman–Crippen MR) is 105 cm³/mol. The van der Waals surface area contributed by atoms with Gasteiger partial charge in [-0.15, -0.1) is 11.3 Å². The SMILES string of the molecule is CCOc1ccc(NC(=O)CNC(=O)c2sc3ccccc3c2Cl)cc1. The molecule has 0 aliphatic rings. The molecule has 0 spiro atoms. The summed E-state index contributed by atoms with van der Waals surface area (Å²) in [6, 6.07) is 14.6. The van der Waals surface area contributed by atoms with Crippen LogP contribution in [0.25, 0.3) is 10.1 Å². The molecule has 3 rings (SSSR count). The Hall–Kier alpha value is -2.57. The number of anilines is 1. The fourth-order valence-corrected chi connectivity index (χ4v) is 3.84. The van der Waals surface area contributed by atoms with Gasteiger partial charge in [0.1, 0.15) is 10.6 Å². The van der Waals surface area contributed by atoms with Crippen LogP contribution < -0.4 is 15.4 Å². The number of thiophene rings is 1. The number of amides is 2. The molecule has 5 nitrogen and oxygen atoms in total. The van der Waals surface area contributed by atoms with E-state index in [9.17, 15) is 9.59 Å². The molecule has 0 saturated carbocycles. The van der Waals surface area contributed by atoms with Crippen LogP contribution in [0.15, 0.2) is 48.5 Å².